The fraction of sp³-hybridized carbons (Fsp3) is 0.333. The molecule has 0 aliphatic carbocycles. The molecule has 1 N–H and O–H groups in total. The van der Waals surface area contributed by atoms with Gasteiger partial charge in [-0.15, -0.1) is 0 Å². The van der Waals surface area contributed by atoms with Crippen molar-refractivity contribution >= 4 is 20.9 Å². The van der Waals surface area contributed by atoms with E-state index >= 15 is 0 Å². The SMILES string of the molecule is O=S1(=O)CCc2ncc3[nH]cnc3c2C1. The van der Waals surface area contributed by atoms with E-state index in [1.165, 1.54) is 0 Å². The molecule has 0 atom stereocenters. The third-order valence-corrected chi connectivity index (χ3v) is 4.22. The van der Waals surface area contributed by atoms with E-state index in [0.717, 1.165) is 22.3 Å². The van der Waals surface area contributed by atoms with Gasteiger partial charge in [0.05, 0.1) is 35.1 Å². The van der Waals surface area contributed by atoms with Crippen molar-refractivity contribution < 1.29 is 8.42 Å². The predicted octanol–water partition coefficient (Wildman–Crippen LogP) is 0.429. The van der Waals surface area contributed by atoms with Gasteiger partial charge in [-0.2, -0.15) is 0 Å². The van der Waals surface area contributed by atoms with Gasteiger partial charge in [0.25, 0.3) is 0 Å². The summed E-state index contributed by atoms with van der Waals surface area (Å²) in [5.41, 5.74) is 3.17. The number of nitrogens with one attached hydrogen (secondary N) is 1. The van der Waals surface area contributed by atoms with Crippen LogP contribution in [0.5, 0.6) is 0 Å². The first-order valence-corrected chi connectivity index (χ1v) is 6.48. The van der Waals surface area contributed by atoms with Gasteiger partial charge >= 0.3 is 0 Å². The van der Waals surface area contributed by atoms with Crippen LogP contribution in [0, 0.1) is 0 Å². The Morgan fingerprint density at radius 1 is 1.33 bits per heavy atom. The van der Waals surface area contributed by atoms with Gasteiger partial charge in [-0.3, -0.25) is 4.98 Å². The van der Waals surface area contributed by atoms with Gasteiger partial charge in [0.1, 0.15) is 0 Å². The molecule has 0 unspecified atom stereocenters. The van der Waals surface area contributed by atoms with E-state index in [2.05, 4.69) is 15.0 Å². The van der Waals surface area contributed by atoms with E-state index in [0.29, 0.717) is 6.42 Å². The molecule has 3 heterocycles. The number of aryl methyl sites for hydroxylation is 1. The van der Waals surface area contributed by atoms with E-state index in [1.807, 2.05) is 0 Å². The number of nitrogens with zero attached hydrogens (tertiary/aromatic N) is 2. The lowest BCUT2D eigenvalue weighted by Gasteiger charge is -2.14. The number of hydrogen-bond acceptors (Lipinski definition) is 4. The van der Waals surface area contributed by atoms with Gasteiger partial charge < -0.3 is 4.98 Å². The number of imidazole rings is 1. The Labute approximate surface area is 86.5 Å². The molecule has 0 saturated carbocycles. The molecule has 0 radical (unpaired) electrons. The van der Waals surface area contributed by atoms with E-state index in [-0.39, 0.29) is 11.5 Å². The molecule has 0 bridgehead atoms. The number of hydrogen-bond donors (Lipinski definition) is 1. The molecule has 0 fully saturated rings. The number of pyridine rings is 1. The zero-order valence-corrected chi connectivity index (χ0v) is 8.71. The van der Waals surface area contributed by atoms with Crippen molar-refractivity contribution in [3.8, 4) is 0 Å². The zero-order valence-electron chi connectivity index (χ0n) is 7.90. The summed E-state index contributed by atoms with van der Waals surface area (Å²) in [6.45, 7) is 0. The topological polar surface area (TPSA) is 75.7 Å². The molecule has 0 amide bonds. The lowest BCUT2D eigenvalue weighted by Crippen LogP contribution is -2.20. The van der Waals surface area contributed by atoms with E-state index in [9.17, 15) is 8.42 Å². The molecule has 15 heavy (non-hydrogen) atoms. The van der Waals surface area contributed by atoms with Crippen LogP contribution >= 0.6 is 0 Å². The second kappa shape index (κ2) is 2.79. The largest absolute Gasteiger partial charge is 0.343 e. The Bertz CT molecular complexity index is 630. The van der Waals surface area contributed by atoms with Gasteiger partial charge in [0.2, 0.25) is 0 Å². The smallest absolute Gasteiger partial charge is 0.154 e. The minimum Gasteiger partial charge on any atom is -0.343 e. The zero-order chi connectivity index (χ0) is 10.5. The van der Waals surface area contributed by atoms with Crippen molar-refractivity contribution in [2.75, 3.05) is 5.75 Å². The van der Waals surface area contributed by atoms with Crippen molar-refractivity contribution in [2.24, 2.45) is 0 Å². The third kappa shape index (κ3) is 1.32. The fourth-order valence-corrected chi connectivity index (χ4v) is 3.30. The lowest BCUT2D eigenvalue weighted by molar-refractivity contribution is 0.591. The van der Waals surface area contributed by atoms with E-state index < -0.39 is 9.84 Å². The monoisotopic (exact) mass is 223 g/mol. The summed E-state index contributed by atoms with van der Waals surface area (Å²) in [5.74, 6) is 0.264. The van der Waals surface area contributed by atoms with Gasteiger partial charge in [0, 0.05) is 17.7 Å². The van der Waals surface area contributed by atoms with Gasteiger partial charge in [-0.05, 0) is 0 Å². The van der Waals surface area contributed by atoms with Crippen molar-refractivity contribution in [3.63, 3.8) is 0 Å². The molecule has 0 aromatic carbocycles. The maximum absolute atomic E-state index is 11.5. The highest BCUT2D eigenvalue weighted by atomic mass is 32.2. The lowest BCUT2D eigenvalue weighted by atomic mass is 10.1. The average molecular weight is 223 g/mol. The molecule has 3 rings (SSSR count). The maximum atomic E-state index is 11.5. The molecular formula is C9H9N3O2S. The van der Waals surface area contributed by atoms with Crippen LogP contribution in [0.2, 0.25) is 0 Å². The summed E-state index contributed by atoms with van der Waals surface area (Å²) in [7, 11) is -2.96. The van der Waals surface area contributed by atoms with Gasteiger partial charge in [-0.25, -0.2) is 13.4 Å². The second-order valence-corrected chi connectivity index (χ2v) is 5.87. The van der Waals surface area contributed by atoms with Gasteiger partial charge in [0.15, 0.2) is 9.84 Å². The van der Waals surface area contributed by atoms with E-state index in [1.54, 1.807) is 12.5 Å². The van der Waals surface area contributed by atoms with Crippen LogP contribution < -0.4 is 0 Å². The number of aromatic amines is 1. The molecular weight excluding hydrogens is 214 g/mol. The standard InChI is InChI=1S/C9H9N3O2S/c13-15(14)2-1-7-6(4-15)9-8(3-10-7)11-5-12-9/h3,5H,1-2,4H2,(H,11,12). The van der Waals surface area contributed by atoms with E-state index in [4.69, 9.17) is 0 Å². The maximum Gasteiger partial charge on any atom is 0.154 e. The molecule has 78 valence electrons. The first-order chi connectivity index (χ1) is 7.16. The molecule has 5 nitrogen and oxygen atoms in total. The molecule has 2 aromatic rings. The number of fused-ring (bicyclic) bond motifs is 3. The van der Waals surface area contributed by atoms with Crippen LogP contribution in [0.1, 0.15) is 11.3 Å². The Morgan fingerprint density at radius 3 is 3.07 bits per heavy atom. The first-order valence-electron chi connectivity index (χ1n) is 4.66. The van der Waals surface area contributed by atoms with Crippen molar-refractivity contribution in [3.05, 3.63) is 23.8 Å². The highest BCUT2D eigenvalue weighted by molar-refractivity contribution is 7.90. The minimum atomic E-state index is -2.96. The van der Waals surface area contributed by atoms with Crippen molar-refractivity contribution in [2.45, 2.75) is 12.2 Å². The van der Waals surface area contributed by atoms with Crippen molar-refractivity contribution in [1.29, 1.82) is 0 Å². The molecule has 0 spiro atoms. The van der Waals surface area contributed by atoms with Crippen LogP contribution in [-0.4, -0.2) is 29.1 Å². The van der Waals surface area contributed by atoms with Crippen LogP contribution in [0.25, 0.3) is 11.0 Å². The van der Waals surface area contributed by atoms with Crippen LogP contribution in [0.15, 0.2) is 12.5 Å². The van der Waals surface area contributed by atoms with Crippen LogP contribution in [0.3, 0.4) is 0 Å². The molecule has 6 heteroatoms. The Kier molecular flexibility index (Phi) is 1.64. The molecule has 1 aliphatic rings. The number of sulfone groups is 1. The summed E-state index contributed by atoms with van der Waals surface area (Å²) in [4.78, 5) is 11.3. The first kappa shape index (κ1) is 8.84. The molecule has 2 aromatic heterocycles. The van der Waals surface area contributed by atoms with Crippen LogP contribution in [0.4, 0.5) is 0 Å². The Hall–Kier alpha value is -1.43. The fourth-order valence-electron chi connectivity index (χ4n) is 1.91. The predicted molar refractivity (Wildman–Crippen MR) is 55.1 cm³/mol. The Balaban J connectivity index is 2.33. The summed E-state index contributed by atoms with van der Waals surface area (Å²) in [6.07, 6.45) is 3.77. The van der Waals surface area contributed by atoms with Crippen molar-refractivity contribution in [1.82, 2.24) is 15.0 Å². The summed E-state index contributed by atoms with van der Waals surface area (Å²) >= 11 is 0. The highest BCUT2D eigenvalue weighted by Gasteiger charge is 2.24. The van der Waals surface area contributed by atoms with Gasteiger partial charge in [-0.1, -0.05) is 0 Å². The average Bonchev–Trinajstić information content (AvgIpc) is 2.64. The highest BCUT2D eigenvalue weighted by Crippen LogP contribution is 2.24. The summed E-state index contributed by atoms with van der Waals surface area (Å²) in [5, 5.41) is 0. The number of H-pyrrole nitrogens is 1. The Morgan fingerprint density at radius 2 is 2.20 bits per heavy atom. The third-order valence-electron chi connectivity index (χ3n) is 2.67. The quantitative estimate of drug-likeness (QED) is 0.702. The molecule has 1 aliphatic heterocycles. The normalized spacial score (nSPS) is 18.9. The molecule has 0 saturated heterocycles. The second-order valence-electron chi connectivity index (χ2n) is 3.69. The number of aromatic nitrogens is 3. The number of rotatable bonds is 0. The summed E-state index contributed by atoms with van der Waals surface area (Å²) in [6, 6.07) is 0. The minimum absolute atomic E-state index is 0.0670. The van der Waals surface area contributed by atoms with Crippen LogP contribution in [-0.2, 0) is 22.0 Å². The summed E-state index contributed by atoms with van der Waals surface area (Å²) < 4.78 is 23.0.